The van der Waals surface area contributed by atoms with Crippen molar-refractivity contribution in [1.82, 2.24) is 4.98 Å². The normalized spacial score (nSPS) is 17.6. The van der Waals surface area contributed by atoms with Crippen molar-refractivity contribution in [2.45, 2.75) is 19.9 Å². The lowest BCUT2D eigenvalue weighted by Gasteiger charge is -2.23. The minimum Gasteiger partial charge on any atom is -0.507 e. The van der Waals surface area contributed by atoms with E-state index in [4.69, 9.17) is 0 Å². The number of aliphatic hydroxyl groups is 1. The van der Waals surface area contributed by atoms with E-state index in [0.717, 1.165) is 28.0 Å². The van der Waals surface area contributed by atoms with Gasteiger partial charge in [-0.25, -0.2) is 13.8 Å². The number of carbonyl (C=O) groups excluding carboxylic acids is 2. The zero-order valence-corrected chi connectivity index (χ0v) is 19.0. The molecule has 1 aliphatic rings. The molecule has 1 saturated heterocycles. The van der Waals surface area contributed by atoms with E-state index in [1.807, 2.05) is 26.0 Å². The number of aliphatic hydroxyl groups excluding tert-OH is 1. The first-order chi connectivity index (χ1) is 16.2. The largest absolute Gasteiger partial charge is 0.507 e. The summed E-state index contributed by atoms with van der Waals surface area (Å²) in [7, 11) is 0. The van der Waals surface area contributed by atoms with Crippen LogP contribution in [0.4, 0.5) is 13.9 Å². The number of hydrogen-bond acceptors (Lipinski definition) is 5. The van der Waals surface area contributed by atoms with Gasteiger partial charge in [-0.1, -0.05) is 29.5 Å². The topological polar surface area (TPSA) is 70.5 Å². The van der Waals surface area contributed by atoms with Crippen molar-refractivity contribution < 1.29 is 23.5 Å². The monoisotopic (exact) mass is 476 g/mol. The Morgan fingerprint density at radius 3 is 2.24 bits per heavy atom. The van der Waals surface area contributed by atoms with E-state index in [1.165, 1.54) is 52.6 Å². The highest BCUT2D eigenvalue weighted by atomic mass is 32.1. The van der Waals surface area contributed by atoms with Crippen molar-refractivity contribution in [3.05, 3.63) is 100 Å². The summed E-state index contributed by atoms with van der Waals surface area (Å²) in [4.78, 5) is 32.3. The van der Waals surface area contributed by atoms with Gasteiger partial charge >= 0.3 is 5.91 Å². The van der Waals surface area contributed by atoms with Gasteiger partial charge in [0.05, 0.1) is 21.8 Å². The molecule has 0 saturated carbocycles. The summed E-state index contributed by atoms with van der Waals surface area (Å²) in [5.41, 5.74) is 3.12. The molecule has 2 heterocycles. The number of aromatic nitrogens is 1. The molecule has 1 aromatic heterocycles. The molecule has 0 spiro atoms. The number of anilines is 1. The first-order valence-corrected chi connectivity index (χ1v) is 11.3. The molecule has 0 unspecified atom stereocenters. The molecule has 170 valence electrons. The number of halogens is 2. The van der Waals surface area contributed by atoms with Gasteiger partial charge < -0.3 is 5.11 Å². The molecule has 1 aliphatic heterocycles. The molecule has 1 N–H and O–H groups in total. The fourth-order valence-electron chi connectivity index (χ4n) is 4.22. The Morgan fingerprint density at radius 1 is 0.971 bits per heavy atom. The molecule has 34 heavy (non-hydrogen) atoms. The van der Waals surface area contributed by atoms with E-state index in [9.17, 15) is 23.5 Å². The third-order valence-electron chi connectivity index (χ3n) is 5.77. The van der Waals surface area contributed by atoms with Crippen molar-refractivity contribution >= 4 is 44.1 Å². The minimum atomic E-state index is -1.03. The average Bonchev–Trinajstić information content (AvgIpc) is 3.33. The molecule has 1 atom stereocenters. The van der Waals surface area contributed by atoms with Gasteiger partial charge in [0.25, 0.3) is 5.78 Å². The first-order valence-electron chi connectivity index (χ1n) is 10.4. The Hall–Kier alpha value is -3.91. The summed E-state index contributed by atoms with van der Waals surface area (Å²) in [5, 5.41) is 11.3. The summed E-state index contributed by atoms with van der Waals surface area (Å²) < 4.78 is 27.9. The Kier molecular flexibility index (Phi) is 5.25. The Labute approximate surface area is 197 Å². The van der Waals surface area contributed by atoms with E-state index in [2.05, 4.69) is 4.98 Å². The van der Waals surface area contributed by atoms with Gasteiger partial charge in [-0.15, -0.1) is 0 Å². The molecule has 1 fully saturated rings. The maximum Gasteiger partial charge on any atom is 0.301 e. The predicted octanol–water partition coefficient (Wildman–Crippen LogP) is 5.82. The van der Waals surface area contributed by atoms with Gasteiger partial charge in [0, 0.05) is 5.56 Å². The van der Waals surface area contributed by atoms with Crippen LogP contribution >= 0.6 is 11.3 Å². The fourth-order valence-corrected chi connectivity index (χ4v) is 5.38. The summed E-state index contributed by atoms with van der Waals surface area (Å²) in [5.74, 6) is -3.18. The van der Waals surface area contributed by atoms with Crippen molar-refractivity contribution in [3.63, 3.8) is 0 Å². The molecule has 0 aliphatic carbocycles. The van der Waals surface area contributed by atoms with Crippen LogP contribution in [-0.2, 0) is 9.59 Å². The van der Waals surface area contributed by atoms with Crippen molar-refractivity contribution in [3.8, 4) is 0 Å². The van der Waals surface area contributed by atoms with Gasteiger partial charge in [-0.2, -0.15) is 0 Å². The molecule has 0 radical (unpaired) electrons. The maximum atomic E-state index is 13.7. The van der Waals surface area contributed by atoms with Gasteiger partial charge in [-0.3, -0.25) is 14.5 Å². The molecule has 1 amide bonds. The van der Waals surface area contributed by atoms with Crippen LogP contribution in [0.3, 0.4) is 0 Å². The lowest BCUT2D eigenvalue weighted by atomic mass is 9.95. The number of nitrogens with zero attached hydrogens (tertiary/aromatic N) is 2. The van der Waals surface area contributed by atoms with Gasteiger partial charge in [0.15, 0.2) is 5.13 Å². The number of hydrogen-bond donors (Lipinski definition) is 1. The third kappa shape index (κ3) is 3.56. The second kappa shape index (κ2) is 8.14. The Morgan fingerprint density at radius 2 is 1.59 bits per heavy atom. The van der Waals surface area contributed by atoms with Crippen LogP contribution in [-0.4, -0.2) is 21.8 Å². The zero-order valence-electron chi connectivity index (χ0n) is 18.2. The SMILES string of the molecule is Cc1cc(C)c2nc(N3C(=O)C(=O)/C(=C(/O)c4ccc(F)cc4)[C@H]3c3ccc(F)cc3)sc2c1. The smallest absolute Gasteiger partial charge is 0.301 e. The number of aryl methyl sites for hydroxylation is 2. The molecule has 5 rings (SSSR count). The lowest BCUT2D eigenvalue weighted by molar-refractivity contribution is -0.132. The first kappa shape index (κ1) is 21.9. The zero-order chi connectivity index (χ0) is 24.1. The van der Waals surface area contributed by atoms with E-state index in [0.29, 0.717) is 16.2 Å². The van der Waals surface area contributed by atoms with Crippen molar-refractivity contribution in [2.75, 3.05) is 4.90 Å². The second-order valence-corrected chi connectivity index (χ2v) is 9.16. The quantitative estimate of drug-likeness (QED) is 0.230. The number of Topliss-reactive ketones (excluding diaryl/α,β-unsaturated/α-hetero) is 1. The van der Waals surface area contributed by atoms with E-state index < -0.39 is 35.1 Å². The third-order valence-corrected chi connectivity index (χ3v) is 6.77. The number of rotatable bonds is 3. The second-order valence-electron chi connectivity index (χ2n) is 8.15. The Bertz CT molecular complexity index is 1490. The molecular formula is C26H18F2N2O3S. The van der Waals surface area contributed by atoms with Crippen molar-refractivity contribution in [1.29, 1.82) is 0 Å². The standard InChI is InChI=1S/C26H18F2N2O3S/c1-13-11-14(2)21-19(12-13)34-26(29-21)30-22(15-3-7-17(27)8-4-15)20(24(32)25(30)33)23(31)16-5-9-18(28)10-6-16/h3-12,22,31H,1-2H3/b23-20+/t22-/m1/s1. The predicted molar refractivity (Wildman–Crippen MR) is 127 cm³/mol. The summed E-state index contributed by atoms with van der Waals surface area (Å²) >= 11 is 1.26. The average molecular weight is 477 g/mol. The highest BCUT2D eigenvalue weighted by Gasteiger charge is 2.48. The van der Waals surface area contributed by atoms with Crippen LogP contribution in [0, 0.1) is 25.5 Å². The molecule has 5 nitrogen and oxygen atoms in total. The number of fused-ring (bicyclic) bond motifs is 1. The number of benzene rings is 3. The molecule has 4 aromatic rings. The van der Waals surface area contributed by atoms with E-state index in [-0.39, 0.29) is 11.1 Å². The van der Waals surface area contributed by atoms with Crippen LogP contribution in [0.25, 0.3) is 16.0 Å². The van der Waals surface area contributed by atoms with Gasteiger partial charge in [0.1, 0.15) is 17.4 Å². The van der Waals surface area contributed by atoms with Crippen LogP contribution < -0.4 is 4.90 Å². The maximum absolute atomic E-state index is 13.7. The summed E-state index contributed by atoms with van der Waals surface area (Å²) in [6, 6.07) is 13.2. The van der Waals surface area contributed by atoms with Gasteiger partial charge in [0.2, 0.25) is 0 Å². The highest BCUT2D eigenvalue weighted by molar-refractivity contribution is 7.22. The number of thiazole rings is 1. The van der Waals surface area contributed by atoms with Crippen LogP contribution in [0.5, 0.6) is 0 Å². The van der Waals surface area contributed by atoms with Crippen LogP contribution in [0.2, 0.25) is 0 Å². The van der Waals surface area contributed by atoms with Gasteiger partial charge in [-0.05, 0) is 73.0 Å². The number of amides is 1. The van der Waals surface area contributed by atoms with E-state index in [1.54, 1.807) is 0 Å². The van der Waals surface area contributed by atoms with E-state index >= 15 is 0 Å². The number of carbonyl (C=O) groups is 2. The van der Waals surface area contributed by atoms with Crippen molar-refractivity contribution in [2.24, 2.45) is 0 Å². The van der Waals surface area contributed by atoms with Crippen LogP contribution in [0.1, 0.15) is 28.3 Å². The fraction of sp³-hybridized carbons (Fsp3) is 0.115. The molecule has 8 heteroatoms. The lowest BCUT2D eigenvalue weighted by Crippen LogP contribution is -2.29. The highest BCUT2D eigenvalue weighted by Crippen LogP contribution is 2.44. The minimum absolute atomic E-state index is 0.171. The Balaban J connectivity index is 1.74. The number of ketones is 1. The summed E-state index contributed by atoms with van der Waals surface area (Å²) in [6.07, 6.45) is 0. The summed E-state index contributed by atoms with van der Waals surface area (Å²) in [6.45, 7) is 3.87. The molecule has 0 bridgehead atoms. The van der Waals surface area contributed by atoms with Crippen LogP contribution in [0.15, 0.2) is 66.2 Å². The molecular weight excluding hydrogens is 458 g/mol. The molecule has 3 aromatic carbocycles.